The van der Waals surface area contributed by atoms with Gasteiger partial charge in [0, 0.05) is 30.7 Å². The quantitative estimate of drug-likeness (QED) is 0.499. The highest BCUT2D eigenvalue weighted by Gasteiger charge is 2.07. The summed E-state index contributed by atoms with van der Waals surface area (Å²) in [6, 6.07) is 15.3. The Balaban J connectivity index is 1.28. The number of ether oxygens (including phenoxy) is 2. The van der Waals surface area contributed by atoms with Gasteiger partial charge in [0.15, 0.2) is 6.61 Å². The van der Waals surface area contributed by atoms with Gasteiger partial charge in [-0.15, -0.1) is 10.2 Å². The molecule has 0 saturated carbocycles. The summed E-state index contributed by atoms with van der Waals surface area (Å²) in [5, 5.41) is 11.5. The van der Waals surface area contributed by atoms with Crippen LogP contribution in [0, 0.1) is 0 Å². The van der Waals surface area contributed by atoms with E-state index < -0.39 is 0 Å². The first kappa shape index (κ1) is 18.5. The van der Waals surface area contributed by atoms with E-state index in [2.05, 4.69) is 20.1 Å². The number of amides is 1. The summed E-state index contributed by atoms with van der Waals surface area (Å²) in [5.74, 6) is 1.27. The summed E-state index contributed by atoms with van der Waals surface area (Å²) < 4.78 is 14.8. The molecule has 2 heterocycles. The van der Waals surface area contributed by atoms with Gasteiger partial charge in [-0.1, -0.05) is 12.1 Å². The lowest BCUT2D eigenvalue weighted by molar-refractivity contribution is -0.123. The molecule has 0 aliphatic carbocycles. The molecule has 2 aromatic carbocycles. The van der Waals surface area contributed by atoms with Crippen LogP contribution in [-0.4, -0.2) is 45.5 Å². The highest BCUT2D eigenvalue weighted by atomic mass is 16.5. The van der Waals surface area contributed by atoms with E-state index in [0.29, 0.717) is 18.8 Å². The van der Waals surface area contributed by atoms with Crippen molar-refractivity contribution in [3.63, 3.8) is 0 Å². The molecule has 8 heteroatoms. The molecular weight excluding hydrogens is 370 g/mol. The lowest BCUT2D eigenvalue weighted by Crippen LogP contribution is -2.31. The van der Waals surface area contributed by atoms with Crippen LogP contribution in [-0.2, 0) is 11.3 Å². The molecule has 0 atom stereocenters. The first-order valence-electron chi connectivity index (χ1n) is 9.21. The number of nitrogens with zero attached hydrogens (tertiary/aromatic N) is 4. The van der Waals surface area contributed by atoms with Crippen LogP contribution in [0.2, 0.25) is 0 Å². The number of hydrogen-bond donors (Lipinski definition) is 1. The van der Waals surface area contributed by atoms with E-state index in [-0.39, 0.29) is 12.5 Å². The molecule has 0 unspecified atom stereocenters. The van der Waals surface area contributed by atoms with Crippen molar-refractivity contribution < 1.29 is 14.3 Å². The fraction of sp³-hybridized carbons (Fsp3) is 0.190. The van der Waals surface area contributed by atoms with Crippen LogP contribution < -0.4 is 14.8 Å². The number of rotatable bonds is 8. The Labute approximate surface area is 167 Å². The zero-order valence-corrected chi connectivity index (χ0v) is 16.0. The van der Waals surface area contributed by atoms with Gasteiger partial charge in [-0.3, -0.25) is 9.36 Å². The molecule has 148 valence electrons. The molecule has 0 radical (unpaired) electrons. The summed E-state index contributed by atoms with van der Waals surface area (Å²) in [6.45, 7) is 1.11. The highest BCUT2D eigenvalue weighted by Crippen LogP contribution is 2.26. The Kier molecular flexibility index (Phi) is 5.42. The molecule has 0 saturated heterocycles. The SMILES string of the molecule is COc1cccc2c1ccn2CCNC(=O)COc1cccc(-n2cnnc2)c1. The van der Waals surface area contributed by atoms with Gasteiger partial charge in [0.25, 0.3) is 5.91 Å². The number of benzene rings is 2. The van der Waals surface area contributed by atoms with E-state index >= 15 is 0 Å². The Morgan fingerprint density at radius 1 is 1.10 bits per heavy atom. The molecular formula is C21H21N5O3. The van der Waals surface area contributed by atoms with Crippen LogP contribution in [0.4, 0.5) is 0 Å². The van der Waals surface area contributed by atoms with Gasteiger partial charge in [-0.2, -0.15) is 0 Å². The maximum atomic E-state index is 12.1. The van der Waals surface area contributed by atoms with Gasteiger partial charge in [0.05, 0.1) is 18.3 Å². The van der Waals surface area contributed by atoms with Crippen molar-refractivity contribution in [3.05, 3.63) is 67.4 Å². The molecule has 0 aliphatic heterocycles. The average molecular weight is 391 g/mol. The molecule has 1 amide bonds. The monoisotopic (exact) mass is 391 g/mol. The summed E-state index contributed by atoms with van der Waals surface area (Å²) in [7, 11) is 1.66. The van der Waals surface area contributed by atoms with Gasteiger partial charge < -0.3 is 19.4 Å². The fourth-order valence-corrected chi connectivity index (χ4v) is 3.15. The second-order valence-corrected chi connectivity index (χ2v) is 6.41. The van der Waals surface area contributed by atoms with Crippen molar-refractivity contribution in [2.24, 2.45) is 0 Å². The molecule has 1 N–H and O–H groups in total. The van der Waals surface area contributed by atoms with Crippen LogP contribution in [0.5, 0.6) is 11.5 Å². The zero-order valence-electron chi connectivity index (χ0n) is 16.0. The predicted molar refractivity (Wildman–Crippen MR) is 108 cm³/mol. The maximum absolute atomic E-state index is 12.1. The topological polar surface area (TPSA) is 83.2 Å². The Morgan fingerprint density at radius 3 is 2.76 bits per heavy atom. The van der Waals surface area contributed by atoms with E-state index in [9.17, 15) is 4.79 Å². The maximum Gasteiger partial charge on any atom is 0.258 e. The van der Waals surface area contributed by atoms with E-state index in [4.69, 9.17) is 9.47 Å². The van der Waals surface area contributed by atoms with Gasteiger partial charge in [0.1, 0.15) is 24.2 Å². The van der Waals surface area contributed by atoms with Crippen LogP contribution in [0.3, 0.4) is 0 Å². The summed E-state index contributed by atoms with van der Waals surface area (Å²) in [4.78, 5) is 12.1. The van der Waals surface area contributed by atoms with E-state index in [0.717, 1.165) is 22.3 Å². The summed E-state index contributed by atoms with van der Waals surface area (Å²) in [6.07, 6.45) is 5.20. The lowest BCUT2D eigenvalue weighted by atomic mass is 10.2. The van der Waals surface area contributed by atoms with Crippen molar-refractivity contribution in [2.45, 2.75) is 6.54 Å². The number of carbonyl (C=O) groups is 1. The van der Waals surface area contributed by atoms with E-state index in [1.807, 2.05) is 48.7 Å². The lowest BCUT2D eigenvalue weighted by Gasteiger charge is -2.10. The number of fused-ring (bicyclic) bond motifs is 1. The fourth-order valence-electron chi connectivity index (χ4n) is 3.15. The van der Waals surface area contributed by atoms with Crippen LogP contribution in [0.15, 0.2) is 67.4 Å². The zero-order chi connectivity index (χ0) is 20.1. The smallest absolute Gasteiger partial charge is 0.258 e. The molecule has 0 spiro atoms. The molecule has 4 rings (SSSR count). The summed E-state index contributed by atoms with van der Waals surface area (Å²) in [5.41, 5.74) is 1.93. The van der Waals surface area contributed by atoms with Crippen molar-refractivity contribution in [1.29, 1.82) is 0 Å². The molecule has 8 nitrogen and oxygen atoms in total. The Hall–Kier alpha value is -3.81. The number of methoxy groups -OCH3 is 1. The minimum atomic E-state index is -0.172. The Bertz CT molecular complexity index is 1100. The predicted octanol–water partition coefficient (Wildman–Crippen LogP) is 2.43. The van der Waals surface area contributed by atoms with Crippen LogP contribution >= 0.6 is 0 Å². The number of hydrogen-bond acceptors (Lipinski definition) is 5. The average Bonchev–Trinajstić information content (AvgIpc) is 3.43. The first-order valence-corrected chi connectivity index (χ1v) is 9.21. The molecule has 0 bridgehead atoms. The van der Waals surface area contributed by atoms with Gasteiger partial charge in [0.2, 0.25) is 0 Å². The van der Waals surface area contributed by atoms with Crippen LogP contribution in [0.25, 0.3) is 16.6 Å². The number of nitrogens with one attached hydrogen (secondary N) is 1. The van der Waals surface area contributed by atoms with Gasteiger partial charge in [-0.05, 0) is 30.3 Å². The standard InChI is InChI=1S/C21H21N5O3/c1-28-20-7-3-6-19-18(20)8-10-25(19)11-9-22-21(27)13-29-17-5-2-4-16(12-17)26-14-23-24-15-26/h2-8,10,12,14-15H,9,11,13H2,1H3,(H,22,27). The second kappa shape index (κ2) is 8.47. The third kappa shape index (κ3) is 4.21. The molecule has 29 heavy (non-hydrogen) atoms. The second-order valence-electron chi connectivity index (χ2n) is 6.41. The molecule has 0 aliphatic rings. The van der Waals surface area contributed by atoms with Crippen LogP contribution in [0.1, 0.15) is 0 Å². The van der Waals surface area contributed by atoms with E-state index in [1.54, 1.807) is 30.4 Å². The largest absolute Gasteiger partial charge is 0.496 e. The molecule has 0 fully saturated rings. The van der Waals surface area contributed by atoms with Crippen molar-refractivity contribution in [2.75, 3.05) is 20.3 Å². The third-order valence-electron chi connectivity index (χ3n) is 4.57. The number of carbonyl (C=O) groups excluding carboxylic acids is 1. The minimum absolute atomic E-state index is 0.0497. The molecule has 4 aromatic rings. The molecule has 2 aromatic heterocycles. The Morgan fingerprint density at radius 2 is 1.93 bits per heavy atom. The normalized spacial score (nSPS) is 10.8. The van der Waals surface area contributed by atoms with Crippen molar-refractivity contribution in [1.82, 2.24) is 24.6 Å². The first-order chi connectivity index (χ1) is 14.2. The van der Waals surface area contributed by atoms with Crippen molar-refractivity contribution in [3.8, 4) is 17.2 Å². The van der Waals surface area contributed by atoms with Crippen molar-refractivity contribution >= 4 is 16.8 Å². The summed E-state index contributed by atoms with van der Waals surface area (Å²) >= 11 is 0. The van der Waals surface area contributed by atoms with Gasteiger partial charge >= 0.3 is 0 Å². The number of aromatic nitrogens is 4. The van der Waals surface area contributed by atoms with E-state index in [1.165, 1.54) is 0 Å². The van der Waals surface area contributed by atoms with Gasteiger partial charge in [-0.25, -0.2) is 0 Å². The third-order valence-corrected chi connectivity index (χ3v) is 4.57. The minimum Gasteiger partial charge on any atom is -0.496 e. The highest BCUT2D eigenvalue weighted by molar-refractivity contribution is 5.86.